The molecule has 2 heterocycles. The van der Waals surface area contributed by atoms with Gasteiger partial charge >= 0.3 is 6.03 Å². The summed E-state index contributed by atoms with van der Waals surface area (Å²) >= 11 is 0. The molecule has 4 aliphatic carbocycles. The van der Waals surface area contributed by atoms with E-state index in [0.29, 0.717) is 13.1 Å². The predicted octanol–water partition coefficient (Wildman–Crippen LogP) is 8.46. The zero-order chi connectivity index (χ0) is 35.2. The highest BCUT2D eigenvalue weighted by Gasteiger charge is 2.51. The molecule has 4 aromatic carbocycles. The first kappa shape index (κ1) is 33.3. The Hall–Kier alpha value is -4.50. The van der Waals surface area contributed by atoms with E-state index in [0.717, 1.165) is 81.4 Å². The van der Waals surface area contributed by atoms with Crippen molar-refractivity contribution in [1.29, 1.82) is 0 Å². The number of nitrogens with zero attached hydrogens (tertiary/aromatic N) is 2. The average molecular weight is 697 g/mol. The number of carbonyl (C=O) groups is 1. The highest BCUT2D eigenvalue weighted by atomic mass is 16.7. The number of hydrogen-bond acceptors (Lipinski definition) is 5. The van der Waals surface area contributed by atoms with Gasteiger partial charge in [0.1, 0.15) is 0 Å². The van der Waals surface area contributed by atoms with Crippen molar-refractivity contribution in [3.63, 3.8) is 0 Å². The number of ether oxygens (including phenoxy) is 2. The lowest BCUT2D eigenvalue weighted by Gasteiger charge is -2.56. The van der Waals surface area contributed by atoms with Crippen LogP contribution >= 0.6 is 0 Å². The number of nitrogens with one attached hydrogen (secondary N) is 2. The quantitative estimate of drug-likeness (QED) is 0.144. The van der Waals surface area contributed by atoms with Crippen LogP contribution in [-0.4, -0.2) is 32.3 Å². The first-order valence-corrected chi connectivity index (χ1v) is 19.1. The molecule has 8 nitrogen and oxygen atoms in total. The summed E-state index contributed by atoms with van der Waals surface area (Å²) in [7, 11) is 0. The van der Waals surface area contributed by atoms with Gasteiger partial charge in [-0.3, -0.25) is 0 Å². The molecule has 52 heavy (non-hydrogen) atoms. The lowest BCUT2D eigenvalue weighted by Crippen LogP contribution is -2.61. The standard InChI is InChI=1S/C44H48N4O4/c1-28-40(25-48-27-46-38-10-2-3-11-39(38)48)51-42(52-41(28)34-14-12-29(26-49)13-15-34)37-9-5-8-36(20-37)35-7-4-6-30(19-35)24-45-43(50)47-44-21-31-16-32(22-44)18-33(17-31)23-44/h2-15,19-20,27-28,31-33,40-42,49H,16-18,21-26H2,1H3,(H2,45,47,50)/t28-,31?,32?,33?,40+,41+,42+,44?/m1/s1. The summed E-state index contributed by atoms with van der Waals surface area (Å²) in [5, 5.41) is 16.3. The molecule has 2 amide bonds. The van der Waals surface area contributed by atoms with E-state index < -0.39 is 6.29 Å². The third-order valence-electron chi connectivity index (χ3n) is 12.3. The lowest BCUT2D eigenvalue weighted by atomic mass is 9.53. The third kappa shape index (κ3) is 6.64. The van der Waals surface area contributed by atoms with Crippen LogP contribution in [0.25, 0.3) is 22.2 Å². The average Bonchev–Trinajstić information content (AvgIpc) is 3.57. The summed E-state index contributed by atoms with van der Waals surface area (Å²) in [6.45, 7) is 3.30. The van der Waals surface area contributed by atoms with Crippen molar-refractivity contribution in [3.8, 4) is 11.1 Å². The number of carbonyl (C=O) groups excluding carboxylic acids is 1. The molecule has 4 bridgehead atoms. The molecule has 1 aromatic heterocycles. The summed E-state index contributed by atoms with van der Waals surface area (Å²) in [5.74, 6) is 2.42. The Kier molecular flexibility index (Phi) is 8.85. The molecule has 0 unspecified atom stereocenters. The van der Waals surface area contributed by atoms with Crippen LogP contribution in [0.3, 0.4) is 0 Å². The first-order chi connectivity index (χ1) is 25.4. The molecule has 5 aliphatic rings. The molecule has 8 heteroatoms. The molecule has 5 fully saturated rings. The Labute approximate surface area is 305 Å². The Bertz CT molecular complexity index is 2020. The molecule has 0 spiro atoms. The molecule has 10 rings (SSSR count). The second kappa shape index (κ2) is 13.8. The van der Waals surface area contributed by atoms with Crippen LogP contribution in [0.15, 0.2) is 103 Å². The van der Waals surface area contributed by atoms with E-state index in [1.807, 2.05) is 36.7 Å². The Morgan fingerprint density at radius 1 is 0.827 bits per heavy atom. The Balaban J connectivity index is 0.926. The Morgan fingerprint density at radius 2 is 1.54 bits per heavy atom. The number of benzene rings is 4. The van der Waals surface area contributed by atoms with Crippen LogP contribution in [0.1, 0.15) is 80.1 Å². The number of rotatable bonds is 9. The molecular formula is C44H48N4O4. The fourth-order valence-electron chi connectivity index (χ4n) is 10.1. The zero-order valence-electron chi connectivity index (χ0n) is 29.8. The number of aromatic nitrogens is 2. The van der Waals surface area contributed by atoms with Gasteiger partial charge in [0.2, 0.25) is 0 Å². The smallest absolute Gasteiger partial charge is 0.315 e. The van der Waals surface area contributed by atoms with Crippen LogP contribution in [0.4, 0.5) is 4.79 Å². The monoisotopic (exact) mass is 696 g/mol. The molecule has 4 saturated carbocycles. The van der Waals surface area contributed by atoms with Crippen molar-refractivity contribution in [2.75, 3.05) is 0 Å². The van der Waals surface area contributed by atoms with Crippen molar-refractivity contribution in [2.24, 2.45) is 23.7 Å². The highest BCUT2D eigenvalue weighted by Crippen LogP contribution is 2.55. The van der Waals surface area contributed by atoms with E-state index >= 15 is 0 Å². The number of hydrogen-bond donors (Lipinski definition) is 3. The largest absolute Gasteiger partial charge is 0.392 e. The Morgan fingerprint density at radius 3 is 2.29 bits per heavy atom. The summed E-state index contributed by atoms with van der Waals surface area (Å²) in [4.78, 5) is 17.8. The van der Waals surface area contributed by atoms with Crippen LogP contribution in [0, 0.1) is 23.7 Å². The lowest BCUT2D eigenvalue weighted by molar-refractivity contribution is -0.276. The maximum Gasteiger partial charge on any atom is 0.315 e. The second-order valence-corrected chi connectivity index (χ2v) is 16.0. The molecule has 1 saturated heterocycles. The summed E-state index contributed by atoms with van der Waals surface area (Å²) in [6.07, 6.45) is 8.45. The van der Waals surface area contributed by atoms with E-state index in [1.165, 1.54) is 19.3 Å². The zero-order valence-corrected chi connectivity index (χ0v) is 29.8. The number of fused-ring (bicyclic) bond motifs is 1. The number of para-hydroxylation sites is 2. The van der Waals surface area contributed by atoms with Gasteiger partial charge in [0.05, 0.1) is 42.7 Å². The van der Waals surface area contributed by atoms with E-state index in [4.69, 9.17) is 9.47 Å². The fraction of sp³-hybridized carbons (Fsp3) is 0.409. The molecule has 4 atom stereocenters. The molecule has 0 radical (unpaired) electrons. The van der Waals surface area contributed by atoms with Crippen molar-refractivity contribution in [3.05, 3.63) is 126 Å². The normalized spacial score (nSPS) is 29.3. The van der Waals surface area contributed by atoms with E-state index in [2.05, 4.69) is 93.8 Å². The van der Waals surface area contributed by atoms with Crippen LogP contribution in [0.5, 0.6) is 0 Å². The molecule has 268 valence electrons. The van der Waals surface area contributed by atoms with Gasteiger partial charge < -0.3 is 29.8 Å². The first-order valence-electron chi connectivity index (χ1n) is 19.1. The maximum absolute atomic E-state index is 13.2. The summed E-state index contributed by atoms with van der Waals surface area (Å²) in [5.41, 5.74) is 8.10. The number of urea groups is 1. The molecule has 5 aromatic rings. The number of aliphatic hydroxyl groups excluding tert-OH is 1. The highest BCUT2D eigenvalue weighted by molar-refractivity contribution is 5.75. The van der Waals surface area contributed by atoms with E-state index in [-0.39, 0.29) is 36.3 Å². The van der Waals surface area contributed by atoms with E-state index in [1.54, 1.807) is 0 Å². The van der Waals surface area contributed by atoms with Gasteiger partial charge in [-0.1, -0.05) is 79.7 Å². The molecular weight excluding hydrogens is 649 g/mol. The minimum Gasteiger partial charge on any atom is -0.392 e. The van der Waals surface area contributed by atoms with Gasteiger partial charge in [-0.15, -0.1) is 0 Å². The SMILES string of the molecule is C[C@@H]1[C@H](Cn2cnc3ccccc32)O[C@H](c2cccc(-c3cccc(CNC(=O)NC45CC6CC(CC(C6)C4)C5)c3)c2)O[C@@H]1c1ccc(CO)cc1. The van der Waals surface area contributed by atoms with Gasteiger partial charge in [0.25, 0.3) is 0 Å². The summed E-state index contributed by atoms with van der Waals surface area (Å²) in [6, 6.07) is 33.0. The molecule has 1 aliphatic heterocycles. The second-order valence-electron chi connectivity index (χ2n) is 16.0. The van der Waals surface area contributed by atoms with Gasteiger partial charge in [0, 0.05) is 23.6 Å². The van der Waals surface area contributed by atoms with Gasteiger partial charge in [-0.2, -0.15) is 0 Å². The minimum atomic E-state index is -0.586. The third-order valence-corrected chi connectivity index (χ3v) is 12.3. The minimum absolute atomic E-state index is 0.00249. The van der Waals surface area contributed by atoms with Gasteiger partial charge in [-0.25, -0.2) is 9.78 Å². The van der Waals surface area contributed by atoms with Crippen molar-refractivity contribution < 1.29 is 19.4 Å². The number of amides is 2. The van der Waals surface area contributed by atoms with Crippen LogP contribution in [-0.2, 0) is 29.2 Å². The summed E-state index contributed by atoms with van der Waals surface area (Å²) < 4.78 is 15.8. The maximum atomic E-state index is 13.2. The molecule has 3 N–H and O–H groups in total. The predicted molar refractivity (Wildman–Crippen MR) is 201 cm³/mol. The van der Waals surface area contributed by atoms with Gasteiger partial charge in [-0.05, 0) is 108 Å². The van der Waals surface area contributed by atoms with Crippen molar-refractivity contribution >= 4 is 17.1 Å². The fourth-order valence-corrected chi connectivity index (χ4v) is 10.1. The number of aliphatic hydroxyl groups is 1. The van der Waals surface area contributed by atoms with Crippen molar-refractivity contribution in [1.82, 2.24) is 20.2 Å². The van der Waals surface area contributed by atoms with Crippen LogP contribution < -0.4 is 10.6 Å². The van der Waals surface area contributed by atoms with Crippen LogP contribution in [0.2, 0.25) is 0 Å². The van der Waals surface area contributed by atoms with Gasteiger partial charge in [0.15, 0.2) is 6.29 Å². The number of imidazole rings is 1. The van der Waals surface area contributed by atoms with E-state index in [9.17, 15) is 9.90 Å². The van der Waals surface area contributed by atoms with Crippen molar-refractivity contribution in [2.45, 2.75) is 89.2 Å². The topological polar surface area (TPSA) is 97.6 Å².